The smallest absolute Gasteiger partial charge is 0.164 e. The minimum atomic E-state index is -0.264. The SMILES string of the molecule is O=C(CC1OCCO1)C1CC2CCC(C1)N2. The highest BCUT2D eigenvalue weighted by Gasteiger charge is 2.37. The Kier molecular flexibility index (Phi) is 2.96. The number of carbonyl (C=O) groups excluding carboxylic acids is 1. The van der Waals surface area contributed by atoms with Gasteiger partial charge in [0.2, 0.25) is 0 Å². The molecule has 16 heavy (non-hydrogen) atoms. The lowest BCUT2D eigenvalue weighted by Crippen LogP contribution is -2.41. The third-order valence-electron chi connectivity index (χ3n) is 3.99. The van der Waals surface area contributed by atoms with Crippen molar-refractivity contribution in [3.8, 4) is 0 Å². The minimum absolute atomic E-state index is 0.242. The number of ketones is 1. The number of hydrogen-bond acceptors (Lipinski definition) is 4. The molecular formula is C12H19NO3. The Bertz CT molecular complexity index is 263. The van der Waals surface area contributed by atoms with Crippen LogP contribution in [0, 0.1) is 5.92 Å². The van der Waals surface area contributed by atoms with E-state index in [1.807, 2.05) is 0 Å². The first-order chi connectivity index (χ1) is 7.81. The number of piperidine rings is 1. The van der Waals surface area contributed by atoms with E-state index in [1.165, 1.54) is 12.8 Å². The first-order valence-electron chi connectivity index (χ1n) is 6.33. The summed E-state index contributed by atoms with van der Waals surface area (Å²) in [5.74, 6) is 0.580. The van der Waals surface area contributed by atoms with Crippen molar-refractivity contribution in [3.05, 3.63) is 0 Å². The third kappa shape index (κ3) is 2.14. The zero-order valence-corrected chi connectivity index (χ0v) is 9.48. The van der Waals surface area contributed by atoms with Gasteiger partial charge in [0.15, 0.2) is 6.29 Å². The van der Waals surface area contributed by atoms with E-state index in [4.69, 9.17) is 9.47 Å². The molecule has 1 N–H and O–H groups in total. The Morgan fingerprint density at radius 1 is 1.12 bits per heavy atom. The van der Waals surface area contributed by atoms with E-state index >= 15 is 0 Å². The van der Waals surface area contributed by atoms with Crippen molar-refractivity contribution in [3.63, 3.8) is 0 Å². The highest BCUT2D eigenvalue weighted by molar-refractivity contribution is 5.81. The van der Waals surface area contributed by atoms with Crippen LogP contribution in [0.15, 0.2) is 0 Å². The molecule has 4 nitrogen and oxygen atoms in total. The molecule has 2 atom stereocenters. The van der Waals surface area contributed by atoms with Gasteiger partial charge in [-0.3, -0.25) is 4.79 Å². The number of rotatable bonds is 3. The van der Waals surface area contributed by atoms with Gasteiger partial charge in [0.1, 0.15) is 5.78 Å². The standard InChI is InChI=1S/C12H19NO3/c14-11(7-12-15-3-4-16-12)8-5-9-1-2-10(6-8)13-9/h8-10,12-13H,1-7H2. The first-order valence-corrected chi connectivity index (χ1v) is 6.33. The first kappa shape index (κ1) is 10.7. The number of Topliss-reactive ketones (excluding diaryl/α,β-unsaturated/α-hetero) is 1. The molecule has 90 valence electrons. The molecule has 4 heteroatoms. The van der Waals surface area contributed by atoms with Crippen molar-refractivity contribution in [1.29, 1.82) is 0 Å². The van der Waals surface area contributed by atoms with Gasteiger partial charge in [0.05, 0.1) is 19.6 Å². The predicted octanol–water partition coefficient (Wildman–Crippen LogP) is 0.849. The monoisotopic (exact) mass is 225 g/mol. The average Bonchev–Trinajstić information content (AvgIpc) is 2.89. The van der Waals surface area contributed by atoms with E-state index in [-0.39, 0.29) is 12.2 Å². The Morgan fingerprint density at radius 2 is 1.75 bits per heavy atom. The van der Waals surface area contributed by atoms with E-state index in [2.05, 4.69) is 5.32 Å². The molecule has 3 aliphatic rings. The Balaban J connectivity index is 1.54. The summed E-state index contributed by atoms with van der Waals surface area (Å²) in [6, 6.07) is 1.16. The van der Waals surface area contributed by atoms with Crippen LogP contribution in [0.4, 0.5) is 0 Å². The fourth-order valence-electron chi connectivity index (χ4n) is 3.18. The van der Waals surface area contributed by atoms with Crippen LogP contribution in [0.3, 0.4) is 0 Å². The second-order valence-corrected chi connectivity index (χ2v) is 5.15. The Labute approximate surface area is 95.7 Å². The van der Waals surface area contributed by atoms with E-state index in [0.717, 1.165) is 12.8 Å². The molecule has 0 radical (unpaired) electrons. The number of hydrogen-bond donors (Lipinski definition) is 1. The molecule has 3 heterocycles. The number of ether oxygens (including phenoxy) is 2. The van der Waals surface area contributed by atoms with Crippen LogP contribution in [0.1, 0.15) is 32.1 Å². The normalized spacial score (nSPS) is 39.1. The van der Waals surface area contributed by atoms with E-state index in [0.29, 0.717) is 37.5 Å². The van der Waals surface area contributed by atoms with Crippen LogP contribution in [0.5, 0.6) is 0 Å². The molecule has 3 aliphatic heterocycles. The van der Waals surface area contributed by atoms with Gasteiger partial charge in [-0.05, 0) is 25.7 Å². The lowest BCUT2D eigenvalue weighted by Gasteiger charge is -2.28. The fraction of sp³-hybridized carbons (Fsp3) is 0.917. The molecule has 0 aromatic rings. The summed E-state index contributed by atoms with van der Waals surface area (Å²) in [5.41, 5.74) is 0. The van der Waals surface area contributed by atoms with Crippen molar-refractivity contribution in [2.45, 2.75) is 50.5 Å². The maximum Gasteiger partial charge on any atom is 0.164 e. The van der Waals surface area contributed by atoms with Crippen molar-refractivity contribution >= 4 is 5.78 Å². The summed E-state index contributed by atoms with van der Waals surface area (Å²) in [6.07, 6.45) is 4.70. The largest absolute Gasteiger partial charge is 0.350 e. The third-order valence-corrected chi connectivity index (χ3v) is 3.99. The maximum absolute atomic E-state index is 12.1. The second kappa shape index (κ2) is 4.43. The van der Waals surface area contributed by atoms with Gasteiger partial charge in [-0.15, -0.1) is 0 Å². The summed E-state index contributed by atoms with van der Waals surface area (Å²) in [7, 11) is 0. The van der Waals surface area contributed by atoms with Gasteiger partial charge in [0.25, 0.3) is 0 Å². The van der Waals surface area contributed by atoms with Gasteiger partial charge < -0.3 is 14.8 Å². The van der Waals surface area contributed by atoms with Crippen LogP contribution in [0.25, 0.3) is 0 Å². The van der Waals surface area contributed by atoms with Gasteiger partial charge >= 0.3 is 0 Å². The maximum atomic E-state index is 12.1. The van der Waals surface area contributed by atoms with Gasteiger partial charge in [-0.2, -0.15) is 0 Å². The zero-order valence-electron chi connectivity index (χ0n) is 9.48. The van der Waals surface area contributed by atoms with E-state index < -0.39 is 0 Å². The summed E-state index contributed by atoms with van der Waals surface area (Å²) in [5, 5.41) is 3.55. The zero-order chi connectivity index (χ0) is 11.0. The lowest BCUT2D eigenvalue weighted by molar-refractivity contribution is -0.132. The summed E-state index contributed by atoms with van der Waals surface area (Å²) < 4.78 is 10.7. The topological polar surface area (TPSA) is 47.6 Å². The Morgan fingerprint density at radius 3 is 2.38 bits per heavy atom. The Hall–Kier alpha value is -0.450. The molecule has 3 rings (SSSR count). The van der Waals surface area contributed by atoms with Crippen LogP contribution >= 0.6 is 0 Å². The molecule has 0 aliphatic carbocycles. The molecule has 0 aromatic carbocycles. The van der Waals surface area contributed by atoms with Gasteiger partial charge in [-0.1, -0.05) is 0 Å². The van der Waals surface area contributed by atoms with Gasteiger partial charge in [-0.25, -0.2) is 0 Å². The van der Waals surface area contributed by atoms with Crippen LogP contribution in [-0.2, 0) is 14.3 Å². The molecule has 0 saturated carbocycles. The fourth-order valence-corrected chi connectivity index (χ4v) is 3.18. The highest BCUT2D eigenvalue weighted by Crippen LogP contribution is 2.32. The number of carbonyl (C=O) groups is 1. The quantitative estimate of drug-likeness (QED) is 0.773. The van der Waals surface area contributed by atoms with Crippen molar-refractivity contribution in [2.75, 3.05) is 13.2 Å². The van der Waals surface area contributed by atoms with Crippen LogP contribution < -0.4 is 5.32 Å². The summed E-state index contributed by atoms with van der Waals surface area (Å²) in [6.45, 7) is 1.27. The molecule has 3 fully saturated rings. The van der Waals surface area contributed by atoms with E-state index in [1.54, 1.807) is 0 Å². The van der Waals surface area contributed by atoms with E-state index in [9.17, 15) is 4.79 Å². The number of fused-ring (bicyclic) bond motifs is 2. The van der Waals surface area contributed by atoms with Gasteiger partial charge in [0, 0.05) is 18.0 Å². The summed E-state index contributed by atoms with van der Waals surface area (Å²) >= 11 is 0. The minimum Gasteiger partial charge on any atom is -0.350 e. The lowest BCUT2D eigenvalue weighted by atomic mass is 9.87. The highest BCUT2D eigenvalue weighted by atomic mass is 16.7. The average molecular weight is 225 g/mol. The second-order valence-electron chi connectivity index (χ2n) is 5.15. The molecular weight excluding hydrogens is 206 g/mol. The molecule has 2 bridgehead atoms. The molecule has 3 saturated heterocycles. The van der Waals surface area contributed by atoms with Crippen molar-refractivity contribution in [2.24, 2.45) is 5.92 Å². The van der Waals surface area contributed by atoms with Crippen molar-refractivity contribution < 1.29 is 14.3 Å². The number of nitrogens with one attached hydrogen (secondary N) is 1. The van der Waals surface area contributed by atoms with Crippen LogP contribution in [0.2, 0.25) is 0 Å². The molecule has 0 aromatic heterocycles. The van der Waals surface area contributed by atoms with Crippen LogP contribution in [-0.4, -0.2) is 37.4 Å². The molecule has 2 unspecified atom stereocenters. The molecule has 0 amide bonds. The predicted molar refractivity (Wildman–Crippen MR) is 58.0 cm³/mol. The van der Waals surface area contributed by atoms with Crippen molar-refractivity contribution in [1.82, 2.24) is 5.32 Å². The molecule has 0 spiro atoms. The summed E-state index contributed by atoms with van der Waals surface area (Å²) in [4.78, 5) is 12.1.